The molecule has 108 valence electrons. The molecule has 0 aliphatic carbocycles. The van der Waals surface area contributed by atoms with Crippen LogP contribution in [-0.2, 0) is 13.6 Å². The monoisotopic (exact) mass is 286 g/mol. The molecule has 7 nitrogen and oxygen atoms in total. The van der Waals surface area contributed by atoms with E-state index in [4.69, 9.17) is 14.4 Å². The fourth-order valence-corrected chi connectivity index (χ4v) is 3.60. The summed E-state index contributed by atoms with van der Waals surface area (Å²) in [5.41, 5.74) is 8.28. The van der Waals surface area contributed by atoms with Gasteiger partial charge in [-0.05, 0) is 30.5 Å². The Labute approximate surface area is 114 Å². The van der Waals surface area contributed by atoms with E-state index in [1.165, 1.54) is 0 Å². The minimum atomic E-state index is -2.03. The van der Waals surface area contributed by atoms with E-state index in [9.17, 15) is 4.79 Å². The van der Waals surface area contributed by atoms with Crippen molar-refractivity contribution in [3.05, 3.63) is 10.4 Å². The Morgan fingerprint density at radius 3 is 2.79 bits per heavy atom. The zero-order chi connectivity index (χ0) is 14.3. The number of rotatable bonds is 8. The first-order valence-corrected chi connectivity index (χ1v) is 8.96. The van der Waals surface area contributed by atoms with Crippen LogP contribution in [-0.4, -0.2) is 53.2 Å². The van der Waals surface area contributed by atoms with Gasteiger partial charge in [0.2, 0.25) is 5.91 Å². The van der Waals surface area contributed by atoms with Gasteiger partial charge in [-0.25, -0.2) is 0 Å². The van der Waals surface area contributed by atoms with Crippen molar-refractivity contribution in [1.29, 1.82) is 0 Å². The van der Waals surface area contributed by atoms with Crippen LogP contribution in [0.2, 0.25) is 12.6 Å². The lowest BCUT2D eigenvalue weighted by Gasteiger charge is -2.24. The zero-order valence-corrected chi connectivity index (χ0v) is 12.8. The van der Waals surface area contributed by atoms with Crippen molar-refractivity contribution in [1.82, 2.24) is 4.90 Å². The second-order valence-corrected chi connectivity index (χ2v) is 8.55. The Bertz CT molecular complexity index is 356. The van der Waals surface area contributed by atoms with Crippen molar-refractivity contribution in [3.8, 4) is 0 Å². The topological polar surface area (TPSA) is 87.5 Å². The fourth-order valence-electron chi connectivity index (χ4n) is 2.22. The molecule has 1 rings (SSSR count). The van der Waals surface area contributed by atoms with Crippen molar-refractivity contribution in [2.24, 2.45) is 11.0 Å². The Kier molecular flexibility index (Phi) is 6.30. The maximum absolute atomic E-state index is 11.8. The Hall–Kier alpha value is -1.08. The summed E-state index contributed by atoms with van der Waals surface area (Å²) in [5, 5.41) is 3.54. The molecule has 1 saturated heterocycles. The van der Waals surface area contributed by atoms with Gasteiger partial charge in [-0.2, -0.15) is 0 Å². The molecule has 0 radical (unpaired) electrons. The SMILES string of the molecule is CO[Si](C)(CCCN1CC(CN=[N+]=[N-])CC1=O)OC. The molecule has 0 spiro atoms. The van der Waals surface area contributed by atoms with Gasteiger partial charge in [0.05, 0.1) is 0 Å². The number of likely N-dealkylation sites (tertiary alicyclic amines) is 1. The summed E-state index contributed by atoms with van der Waals surface area (Å²) in [7, 11) is 1.31. The Morgan fingerprint density at radius 2 is 2.21 bits per heavy atom. The molecule has 0 bridgehead atoms. The van der Waals surface area contributed by atoms with Gasteiger partial charge >= 0.3 is 8.56 Å². The summed E-state index contributed by atoms with van der Waals surface area (Å²) in [6.07, 6.45) is 1.37. The predicted molar refractivity (Wildman–Crippen MR) is 73.8 cm³/mol. The van der Waals surface area contributed by atoms with E-state index >= 15 is 0 Å². The summed E-state index contributed by atoms with van der Waals surface area (Å²) >= 11 is 0. The molecule has 1 unspecified atom stereocenters. The van der Waals surface area contributed by atoms with Crippen LogP contribution in [0.15, 0.2) is 5.11 Å². The molecule has 8 heteroatoms. The molecule has 0 aromatic carbocycles. The van der Waals surface area contributed by atoms with E-state index in [2.05, 4.69) is 10.0 Å². The van der Waals surface area contributed by atoms with Crippen LogP contribution in [0.4, 0.5) is 0 Å². The molecule has 0 aromatic heterocycles. The highest BCUT2D eigenvalue weighted by atomic mass is 28.4. The molecule has 0 N–H and O–H groups in total. The number of hydrogen-bond donors (Lipinski definition) is 0. The Balaban J connectivity index is 2.34. The fraction of sp³-hybridized carbons (Fsp3) is 0.909. The third-order valence-electron chi connectivity index (χ3n) is 3.62. The van der Waals surface area contributed by atoms with E-state index in [1.54, 1.807) is 14.2 Å². The molecule has 1 aliphatic heterocycles. The van der Waals surface area contributed by atoms with Gasteiger partial charge in [-0.15, -0.1) is 0 Å². The predicted octanol–water partition coefficient (Wildman–Crippen LogP) is 1.90. The quantitative estimate of drug-likeness (QED) is 0.295. The number of carbonyl (C=O) groups is 1. The van der Waals surface area contributed by atoms with Crippen LogP contribution in [0.1, 0.15) is 12.8 Å². The second kappa shape index (κ2) is 7.49. The van der Waals surface area contributed by atoms with E-state index in [1.807, 2.05) is 11.4 Å². The van der Waals surface area contributed by atoms with Gasteiger partial charge in [0.1, 0.15) is 0 Å². The van der Waals surface area contributed by atoms with Gasteiger partial charge in [0.25, 0.3) is 0 Å². The van der Waals surface area contributed by atoms with Crippen molar-refractivity contribution in [2.75, 3.05) is 33.9 Å². The largest absolute Gasteiger partial charge is 0.398 e. The van der Waals surface area contributed by atoms with Crippen LogP contribution < -0.4 is 0 Å². The van der Waals surface area contributed by atoms with Gasteiger partial charge in [-0.3, -0.25) is 4.79 Å². The van der Waals surface area contributed by atoms with Crippen LogP contribution in [0.25, 0.3) is 10.4 Å². The summed E-state index contributed by atoms with van der Waals surface area (Å²) in [6, 6.07) is 0.866. The van der Waals surface area contributed by atoms with Gasteiger partial charge in [0, 0.05) is 45.2 Å². The van der Waals surface area contributed by atoms with E-state index in [0.29, 0.717) is 19.5 Å². The average molecular weight is 286 g/mol. The number of amides is 1. The zero-order valence-electron chi connectivity index (χ0n) is 11.8. The molecule has 1 fully saturated rings. The highest BCUT2D eigenvalue weighted by molar-refractivity contribution is 6.65. The highest BCUT2D eigenvalue weighted by Crippen LogP contribution is 2.20. The number of hydrogen-bond acceptors (Lipinski definition) is 4. The van der Waals surface area contributed by atoms with Crippen LogP contribution in [0.5, 0.6) is 0 Å². The van der Waals surface area contributed by atoms with Crippen LogP contribution in [0.3, 0.4) is 0 Å². The van der Waals surface area contributed by atoms with Crippen molar-refractivity contribution >= 4 is 14.5 Å². The third-order valence-corrected chi connectivity index (χ3v) is 6.61. The second-order valence-electron chi connectivity index (χ2n) is 4.97. The lowest BCUT2D eigenvalue weighted by molar-refractivity contribution is -0.127. The molecule has 1 aliphatic rings. The van der Waals surface area contributed by atoms with Crippen molar-refractivity contribution in [3.63, 3.8) is 0 Å². The normalized spacial score (nSPS) is 19.6. The number of azide groups is 1. The lowest BCUT2D eigenvalue weighted by Crippen LogP contribution is -2.37. The summed E-state index contributed by atoms with van der Waals surface area (Å²) in [6.45, 7) is 3.83. The van der Waals surface area contributed by atoms with Gasteiger partial charge in [0.15, 0.2) is 0 Å². The lowest BCUT2D eigenvalue weighted by atomic mass is 10.1. The smallest absolute Gasteiger partial charge is 0.334 e. The number of carbonyl (C=O) groups excluding carboxylic acids is 1. The van der Waals surface area contributed by atoms with Crippen LogP contribution >= 0.6 is 0 Å². The standard InChI is InChI=1S/C11H22N4O3Si/c1-17-19(3,18-2)6-4-5-15-9-10(7-11(15)16)8-13-14-12/h10H,4-9H2,1-3H3. The van der Waals surface area contributed by atoms with E-state index in [0.717, 1.165) is 19.0 Å². The molecule has 19 heavy (non-hydrogen) atoms. The Morgan fingerprint density at radius 1 is 1.53 bits per heavy atom. The van der Waals surface area contributed by atoms with Gasteiger partial charge < -0.3 is 13.8 Å². The van der Waals surface area contributed by atoms with Crippen LogP contribution in [0, 0.1) is 5.92 Å². The van der Waals surface area contributed by atoms with E-state index < -0.39 is 8.56 Å². The summed E-state index contributed by atoms with van der Waals surface area (Å²) < 4.78 is 10.8. The number of nitrogens with zero attached hydrogens (tertiary/aromatic N) is 4. The third kappa shape index (κ3) is 4.83. The molecule has 0 aromatic rings. The average Bonchev–Trinajstić information content (AvgIpc) is 2.77. The maximum Gasteiger partial charge on any atom is 0.334 e. The van der Waals surface area contributed by atoms with Crippen molar-refractivity contribution < 1.29 is 13.6 Å². The molecule has 0 saturated carbocycles. The van der Waals surface area contributed by atoms with Gasteiger partial charge in [-0.1, -0.05) is 5.11 Å². The molecule has 1 atom stereocenters. The first-order valence-electron chi connectivity index (χ1n) is 6.43. The minimum absolute atomic E-state index is 0.149. The molecule has 1 amide bonds. The summed E-state index contributed by atoms with van der Waals surface area (Å²) in [4.78, 5) is 16.4. The van der Waals surface area contributed by atoms with Crippen molar-refractivity contribution in [2.45, 2.75) is 25.4 Å². The first kappa shape index (κ1) is 16.0. The minimum Gasteiger partial charge on any atom is -0.398 e. The summed E-state index contributed by atoms with van der Waals surface area (Å²) in [5.74, 6) is 0.313. The molecule has 1 heterocycles. The van der Waals surface area contributed by atoms with E-state index in [-0.39, 0.29) is 11.8 Å². The highest BCUT2D eigenvalue weighted by Gasteiger charge is 2.31. The maximum atomic E-state index is 11.8. The molecular weight excluding hydrogens is 264 g/mol. The first-order chi connectivity index (χ1) is 9.04. The molecular formula is C11H22N4O3Si.